The summed E-state index contributed by atoms with van der Waals surface area (Å²) in [7, 11) is 1.88. The van der Waals surface area contributed by atoms with Gasteiger partial charge in [0.25, 0.3) is 0 Å². The molecule has 1 aromatic heterocycles. The van der Waals surface area contributed by atoms with Gasteiger partial charge in [-0.15, -0.1) is 0 Å². The Bertz CT molecular complexity index is 573. The first-order chi connectivity index (χ1) is 9.61. The Morgan fingerprint density at radius 3 is 2.50 bits per heavy atom. The van der Waals surface area contributed by atoms with E-state index in [1.165, 1.54) is 0 Å². The SMILES string of the molecule is CNc1nc(CSC(C)C)nc(-c2ccccc2)c1Br. The Morgan fingerprint density at radius 1 is 1.20 bits per heavy atom. The number of aromatic nitrogens is 2. The average molecular weight is 352 g/mol. The van der Waals surface area contributed by atoms with Gasteiger partial charge < -0.3 is 5.32 Å². The van der Waals surface area contributed by atoms with E-state index in [4.69, 9.17) is 4.98 Å². The van der Waals surface area contributed by atoms with Crippen LogP contribution in [0.15, 0.2) is 34.8 Å². The number of nitrogens with one attached hydrogen (secondary N) is 1. The zero-order chi connectivity index (χ0) is 14.5. The maximum absolute atomic E-state index is 4.70. The fourth-order valence-electron chi connectivity index (χ4n) is 1.75. The molecule has 2 aromatic rings. The number of anilines is 1. The first-order valence-electron chi connectivity index (χ1n) is 6.53. The Morgan fingerprint density at radius 2 is 1.90 bits per heavy atom. The molecule has 0 fully saturated rings. The predicted octanol–water partition coefficient (Wildman–Crippen LogP) is 4.59. The maximum atomic E-state index is 4.70. The Balaban J connectivity index is 2.42. The summed E-state index contributed by atoms with van der Waals surface area (Å²) in [5.74, 6) is 2.51. The molecule has 0 radical (unpaired) electrons. The fourth-order valence-corrected chi connectivity index (χ4v) is 2.97. The van der Waals surface area contributed by atoms with Gasteiger partial charge in [0.1, 0.15) is 11.6 Å². The van der Waals surface area contributed by atoms with Crippen LogP contribution in [0.3, 0.4) is 0 Å². The van der Waals surface area contributed by atoms with Crippen LogP contribution < -0.4 is 5.32 Å². The second-order valence-electron chi connectivity index (χ2n) is 4.63. The molecule has 0 unspecified atom stereocenters. The van der Waals surface area contributed by atoms with Gasteiger partial charge in [0.2, 0.25) is 0 Å². The molecule has 106 valence electrons. The van der Waals surface area contributed by atoms with E-state index in [2.05, 4.69) is 52.2 Å². The van der Waals surface area contributed by atoms with Gasteiger partial charge in [0.15, 0.2) is 0 Å². The number of thioether (sulfide) groups is 1. The van der Waals surface area contributed by atoms with Gasteiger partial charge in [0, 0.05) is 12.6 Å². The van der Waals surface area contributed by atoms with E-state index in [0.29, 0.717) is 5.25 Å². The first-order valence-corrected chi connectivity index (χ1v) is 8.37. The monoisotopic (exact) mass is 351 g/mol. The van der Waals surface area contributed by atoms with Crippen molar-refractivity contribution in [3.63, 3.8) is 0 Å². The van der Waals surface area contributed by atoms with Crippen molar-refractivity contribution < 1.29 is 0 Å². The summed E-state index contributed by atoms with van der Waals surface area (Å²) in [4.78, 5) is 9.26. The molecule has 1 N–H and O–H groups in total. The van der Waals surface area contributed by atoms with Gasteiger partial charge in [0.05, 0.1) is 15.9 Å². The van der Waals surface area contributed by atoms with Crippen LogP contribution >= 0.6 is 27.7 Å². The van der Waals surface area contributed by atoms with E-state index < -0.39 is 0 Å². The number of hydrogen-bond acceptors (Lipinski definition) is 4. The summed E-state index contributed by atoms with van der Waals surface area (Å²) in [5, 5.41) is 3.70. The molecule has 0 spiro atoms. The quantitative estimate of drug-likeness (QED) is 0.854. The highest BCUT2D eigenvalue weighted by Gasteiger charge is 2.13. The van der Waals surface area contributed by atoms with Crippen molar-refractivity contribution in [2.45, 2.75) is 24.9 Å². The van der Waals surface area contributed by atoms with E-state index in [1.54, 1.807) is 0 Å². The van der Waals surface area contributed by atoms with Gasteiger partial charge >= 0.3 is 0 Å². The highest BCUT2D eigenvalue weighted by atomic mass is 79.9. The molecule has 0 atom stereocenters. The second-order valence-corrected chi connectivity index (χ2v) is 6.98. The molecular formula is C15H18BrN3S. The number of halogens is 1. The topological polar surface area (TPSA) is 37.8 Å². The van der Waals surface area contributed by atoms with Crippen molar-refractivity contribution in [1.82, 2.24) is 9.97 Å². The highest BCUT2D eigenvalue weighted by molar-refractivity contribution is 9.10. The zero-order valence-corrected chi connectivity index (χ0v) is 14.3. The minimum absolute atomic E-state index is 0.570. The van der Waals surface area contributed by atoms with Crippen LogP contribution in [0.5, 0.6) is 0 Å². The molecule has 0 bridgehead atoms. The van der Waals surface area contributed by atoms with Gasteiger partial charge in [-0.1, -0.05) is 44.2 Å². The molecule has 0 aliphatic rings. The Kier molecular flexibility index (Phi) is 5.43. The van der Waals surface area contributed by atoms with Gasteiger partial charge in [-0.25, -0.2) is 9.97 Å². The third-order valence-electron chi connectivity index (χ3n) is 2.73. The zero-order valence-electron chi connectivity index (χ0n) is 11.9. The van der Waals surface area contributed by atoms with Crippen LogP contribution in [0.4, 0.5) is 5.82 Å². The minimum Gasteiger partial charge on any atom is -0.372 e. The molecule has 20 heavy (non-hydrogen) atoms. The second kappa shape index (κ2) is 7.09. The lowest BCUT2D eigenvalue weighted by molar-refractivity contribution is 1.02. The van der Waals surface area contributed by atoms with E-state index in [-0.39, 0.29) is 0 Å². The summed E-state index contributed by atoms with van der Waals surface area (Å²) in [5.41, 5.74) is 2.03. The van der Waals surface area contributed by atoms with Gasteiger partial charge in [-0.2, -0.15) is 11.8 Å². The van der Waals surface area contributed by atoms with Crippen LogP contribution in [-0.4, -0.2) is 22.3 Å². The maximum Gasteiger partial charge on any atom is 0.144 e. The van der Waals surface area contributed by atoms with Crippen LogP contribution in [0, 0.1) is 0 Å². The molecule has 0 amide bonds. The molecule has 0 aliphatic heterocycles. The summed E-state index contributed by atoms with van der Waals surface area (Å²) < 4.78 is 0.907. The highest BCUT2D eigenvalue weighted by Crippen LogP contribution is 2.32. The average Bonchev–Trinajstić information content (AvgIpc) is 2.47. The number of rotatable bonds is 5. The summed E-state index contributed by atoms with van der Waals surface area (Å²) in [6, 6.07) is 10.2. The lowest BCUT2D eigenvalue weighted by Crippen LogP contribution is -2.03. The molecule has 1 heterocycles. The number of hydrogen-bond donors (Lipinski definition) is 1. The molecule has 1 aromatic carbocycles. The van der Waals surface area contributed by atoms with E-state index >= 15 is 0 Å². The molecule has 0 saturated carbocycles. The van der Waals surface area contributed by atoms with Crippen molar-refractivity contribution >= 4 is 33.5 Å². The molecule has 3 nitrogen and oxygen atoms in total. The van der Waals surface area contributed by atoms with Gasteiger partial charge in [-0.3, -0.25) is 0 Å². The van der Waals surface area contributed by atoms with Crippen molar-refractivity contribution in [3.8, 4) is 11.3 Å². The third kappa shape index (κ3) is 3.73. The Labute approximate surface area is 132 Å². The van der Waals surface area contributed by atoms with Crippen molar-refractivity contribution in [3.05, 3.63) is 40.6 Å². The molecule has 2 rings (SSSR count). The van der Waals surface area contributed by atoms with Gasteiger partial charge in [-0.05, 0) is 21.2 Å². The smallest absolute Gasteiger partial charge is 0.144 e. The van der Waals surface area contributed by atoms with Crippen molar-refractivity contribution in [1.29, 1.82) is 0 Å². The minimum atomic E-state index is 0.570. The van der Waals surface area contributed by atoms with Crippen LogP contribution in [0.1, 0.15) is 19.7 Å². The molecule has 0 aliphatic carbocycles. The van der Waals surface area contributed by atoms with Crippen molar-refractivity contribution in [2.75, 3.05) is 12.4 Å². The summed E-state index contributed by atoms with van der Waals surface area (Å²) in [6.07, 6.45) is 0. The van der Waals surface area contributed by atoms with Crippen molar-refractivity contribution in [2.24, 2.45) is 0 Å². The number of benzene rings is 1. The lowest BCUT2D eigenvalue weighted by atomic mass is 10.1. The summed E-state index contributed by atoms with van der Waals surface area (Å²) >= 11 is 5.44. The Hall–Kier alpha value is -1.07. The van der Waals surface area contributed by atoms with Crippen LogP contribution in [-0.2, 0) is 5.75 Å². The first kappa shape index (κ1) is 15.3. The largest absolute Gasteiger partial charge is 0.372 e. The molecular weight excluding hydrogens is 334 g/mol. The van der Waals surface area contributed by atoms with E-state index in [1.807, 2.05) is 37.0 Å². The summed E-state index contributed by atoms with van der Waals surface area (Å²) in [6.45, 7) is 4.36. The van der Waals surface area contributed by atoms with Crippen LogP contribution in [0.2, 0.25) is 0 Å². The number of nitrogens with zero attached hydrogens (tertiary/aromatic N) is 2. The normalized spacial score (nSPS) is 10.8. The molecule has 5 heteroatoms. The predicted molar refractivity (Wildman–Crippen MR) is 91.1 cm³/mol. The van der Waals surface area contributed by atoms with E-state index in [0.717, 1.165) is 33.1 Å². The van der Waals surface area contributed by atoms with Crippen LogP contribution in [0.25, 0.3) is 11.3 Å². The molecule has 0 saturated heterocycles. The third-order valence-corrected chi connectivity index (χ3v) is 4.57. The lowest BCUT2D eigenvalue weighted by Gasteiger charge is -2.12. The fraction of sp³-hybridized carbons (Fsp3) is 0.333. The van der Waals surface area contributed by atoms with E-state index in [9.17, 15) is 0 Å². The standard InChI is InChI=1S/C15H18BrN3S/c1-10(2)20-9-12-18-14(11-7-5-4-6-8-11)13(16)15(17-3)19-12/h4-8,10H,9H2,1-3H3,(H,17,18,19).